The van der Waals surface area contributed by atoms with E-state index >= 15 is 0 Å². The maximum Gasteiger partial charge on any atom is 0.226 e. The first-order chi connectivity index (χ1) is 9.60. The van der Waals surface area contributed by atoms with Crippen LogP contribution in [-0.4, -0.2) is 44.4 Å². The van der Waals surface area contributed by atoms with Crippen LogP contribution in [0.2, 0.25) is 0 Å². The minimum atomic E-state index is -0.130. The number of aliphatic hydroxyl groups excluding tert-OH is 1. The van der Waals surface area contributed by atoms with Gasteiger partial charge in [-0.15, -0.1) is 0 Å². The van der Waals surface area contributed by atoms with Crippen molar-refractivity contribution < 1.29 is 19.4 Å². The Balaban J connectivity index is 2.64. The molecule has 1 aromatic rings. The molecule has 0 fully saturated rings. The third-order valence-corrected chi connectivity index (χ3v) is 2.78. The predicted molar refractivity (Wildman–Crippen MR) is 77.3 cm³/mol. The Morgan fingerprint density at radius 2 is 2.10 bits per heavy atom. The third-order valence-electron chi connectivity index (χ3n) is 2.78. The van der Waals surface area contributed by atoms with E-state index in [2.05, 4.69) is 10.6 Å². The average Bonchev–Trinajstić information content (AvgIpc) is 2.44. The summed E-state index contributed by atoms with van der Waals surface area (Å²) in [6.45, 7) is 2.41. The number of hydrogen-bond donors (Lipinski definition) is 3. The van der Waals surface area contributed by atoms with Gasteiger partial charge in [0.2, 0.25) is 5.91 Å². The van der Waals surface area contributed by atoms with Gasteiger partial charge in [0, 0.05) is 25.1 Å². The molecule has 1 unspecified atom stereocenters. The third kappa shape index (κ3) is 5.07. The van der Waals surface area contributed by atoms with Crippen LogP contribution in [-0.2, 0) is 4.79 Å². The lowest BCUT2D eigenvalue weighted by Gasteiger charge is -2.15. The van der Waals surface area contributed by atoms with Crippen molar-refractivity contribution >= 4 is 11.6 Å². The van der Waals surface area contributed by atoms with Crippen LogP contribution < -0.4 is 20.1 Å². The van der Waals surface area contributed by atoms with Crippen molar-refractivity contribution in [2.45, 2.75) is 19.4 Å². The van der Waals surface area contributed by atoms with Gasteiger partial charge in [0.25, 0.3) is 0 Å². The van der Waals surface area contributed by atoms with Crippen LogP contribution in [0, 0.1) is 0 Å². The molecule has 1 rings (SSSR count). The van der Waals surface area contributed by atoms with Gasteiger partial charge in [-0.2, -0.15) is 0 Å². The van der Waals surface area contributed by atoms with E-state index in [1.54, 1.807) is 32.4 Å². The van der Waals surface area contributed by atoms with E-state index in [0.29, 0.717) is 30.2 Å². The predicted octanol–water partition coefficient (Wildman–Crippen LogP) is 1.00. The summed E-state index contributed by atoms with van der Waals surface area (Å²) in [7, 11) is 3.11. The van der Waals surface area contributed by atoms with Crippen molar-refractivity contribution in [1.29, 1.82) is 0 Å². The molecule has 1 atom stereocenters. The van der Waals surface area contributed by atoms with Crippen molar-refractivity contribution in [3.63, 3.8) is 0 Å². The fourth-order valence-electron chi connectivity index (χ4n) is 1.77. The zero-order valence-electron chi connectivity index (χ0n) is 12.1. The standard InChI is InChI=1S/C14H22N2O4/c1-10(15-6-7-17)8-14(18)16-12-9-11(19-2)4-5-13(12)20-3/h4-5,9-10,15,17H,6-8H2,1-3H3,(H,16,18). The van der Waals surface area contributed by atoms with Gasteiger partial charge in [0.05, 0.1) is 26.5 Å². The molecule has 0 heterocycles. The van der Waals surface area contributed by atoms with Gasteiger partial charge in [-0.25, -0.2) is 0 Å². The topological polar surface area (TPSA) is 79.8 Å². The molecule has 20 heavy (non-hydrogen) atoms. The van der Waals surface area contributed by atoms with E-state index in [1.807, 2.05) is 6.92 Å². The number of aliphatic hydroxyl groups is 1. The van der Waals surface area contributed by atoms with E-state index in [1.165, 1.54) is 0 Å². The smallest absolute Gasteiger partial charge is 0.226 e. The van der Waals surface area contributed by atoms with E-state index in [9.17, 15) is 4.79 Å². The van der Waals surface area contributed by atoms with Gasteiger partial charge in [-0.1, -0.05) is 0 Å². The zero-order chi connectivity index (χ0) is 15.0. The number of rotatable bonds is 8. The molecule has 0 aliphatic carbocycles. The molecule has 1 aromatic carbocycles. The minimum Gasteiger partial charge on any atom is -0.497 e. The van der Waals surface area contributed by atoms with Crippen molar-refractivity contribution in [2.75, 3.05) is 32.7 Å². The van der Waals surface area contributed by atoms with Crippen molar-refractivity contribution in [3.05, 3.63) is 18.2 Å². The summed E-state index contributed by atoms with van der Waals surface area (Å²) >= 11 is 0. The lowest BCUT2D eigenvalue weighted by molar-refractivity contribution is -0.116. The maximum atomic E-state index is 11.9. The van der Waals surface area contributed by atoms with E-state index in [4.69, 9.17) is 14.6 Å². The Labute approximate surface area is 119 Å². The number of amides is 1. The Kier molecular flexibility index (Phi) is 6.83. The van der Waals surface area contributed by atoms with Gasteiger partial charge >= 0.3 is 0 Å². The summed E-state index contributed by atoms with van der Waals surface area (Å²) < 4.78 is 10.3. The van der Waals surface area contributed by atoms with E-state index < -0.39 is 0 Å². The molecule has 0 aliphatic heterocycles. The van der Waals surface area contributed by atoms with Crippen molar-refractivity contribution in [2.24, 2.45) is 0 Å². The van der Waals surface area contributed by atoms with E-state index in [-0.39, 0.29) is 18.6 Å². The summed E-state index contributed by atoms with van der Waals surface area (Å²) in [6, 6.07) is 5.20. The molecule has 6 nitrogen and oxygen atoms in total. The first-order valence-electron chi connectivity index (χ1n) is 6.46. The van der Waals surface area contributed by atoms with Gasteiger partial charge in [0.1, 0.15) is 11.5 Å². The van der Waals surface area contributed by atoms with Crippen LogP contribution in [0.5, 0.6) is 11.5 Å². The van der Waals surface area contributed by atoms with Gasteiger partial charge in [-0.05, 0) is 19.1 Å². The molecule has 0 saturated heterocycles. The van der Waals surface area contributed by atoms with Crippen molar-refractivity contribution in [3.8, 4) is 11.5 Å². The number of carbonyl (C=O) groups is 1. The number of hydrogen-bond acceptors (Lipinski definition) is 5. The van der Waals surface area contributed by atoms with Crippen LogP contribution in [0.3, 0.4) is 0 Å². The highest BCUT2D eigenvalue weighted by Gasteiger charge is 2.12. The normalized spacial score (nSPS) is 11.8. The van der Waals surface area contributed by atoms with E-state index in [0.717, 1.165) is 0 Å². The molecular formula is C14H22N2O4. The van der Waals surface area contributed by atoms with Gasteiger partial charge in [0.15, 0.2) is 0 Å². The van der Waals surface area contributed by atoms with Gasteiger partial charge in [-0.3, -0.25) is 4.79 Å². The highest BCUT2D eigenvalue weighted by atomic mass is 16.5. The molecule has 112 valence electrons. The first kappa shape index (κ1) is 16.3. The van der Waals surface area contributed by atoms with Crippen LogP contribution in [0.4, 0.5) is 5.69 Å². The summed E-state index contributed by atoms with van der Waals surface area (Å²) in [6.07, 6.45) is 0.306. The fourth-order valence-corrected chi connectivity index (χ4v) is 1.77. The first-order valence-corrected chi connectivity index (χ1v) is 6.46. The second-order valence-electron chi connectivity index (χ2n) is 4.40. The zero-order valence-corrected chi connectivity index (χ0v) is 12.1. The molecule has 0 spiro atoms. The molecule has 0 bridgehead atoms. The largest absolute Gasteiger partial charge is 0.497 e. The maximum absolute atomic E-state index is 11.9. The average molecular weight is 282 g/mol. The summed E-state index contributed by atoms with van der Waals surface area (Å²) in [5.74, 6) is 1.09. The Hall–Kier alpha value is -1.79. The summed E-state index contributed by atoms with van der Waals surface area (Å²) in [5.41, 5.74) is 0.575. The number of ether oxygens (including phenoxy) is 2. The molecular weight excluding hydrogens is 260 g/mol. The van der Waals surface area contributed by atoms with Crippen LogP contribution in [0.15, 0.2) is 18.2 Å². The van der Waals surface area contributed by atoms with Crippen molar-refractivity contribution in [1.82, 2.24) is 5.32 Å². The lowest BCUT2D eigenvalue weighted by atomic mass is 10.2. The number of benzene rings is 1. The molecule has 6 heteroatoms. The molecule has 0 radical (unpaired) electrons. The quantitative estimate of drug-likeness (QED) is 0.663. The number of methoxy groups -OCH3 is 2. The summed E-state index contributed by atoms with van der Waals surface area (Å²) in [5, 5.41) is 14.5. The monoisotopic (exact) mass is 282 g/mol. The number of carbonyl (C=O) groups excluding carboxylic acids is 1. The Bertz CT molecular complexity index is 437. The van der Waals surface area contributed by atoms with Crippen LogP contribution >= 0.6 is 0 Å². The fraction of sp³-hybridized carbons (Fsp3) is 0.500. The minimum absolute atomic E-state index is 0.0150. The Morgan fingerprint density at radius 1 is 1.35 bits per heavy atom. The number of anilines is 1. The SMILES string of the molecule is COc1ccc(OC)c(NC(=O)CC(C)NCCO)c1. The summed E-state index contributed by atoms with van der Waals surface area (Å²) in [4.78, 5) is 11.9. The van der Waals surface area contributed by atoms with Crippen LogP contribution in [0.1, 0.15) is 13.3 Å². The highest BCUT2D eigenvalue weighted by Crippen LogP contribution is 2.28. The number of nitrogens with one attached hydrogen (secondary N) is 2. The van der Waals surface area contributed by atoms with Gasteiger partial charge < -0.3 is 25.2 Å². The highest BCUT2D eigenvalue weighted by molar-refractivity contribution is 5.92. The molecule has 0 aliphatic rings. The second-order valence-corrected chi connectivity index (χ2v) is 4.40. The molecule has 1 amide bonds. The van der Waals surface area contributed by atoms with Crippen LogP contribution in [0.25, 0.3) is 0 Å². The Morgan fingerprint density at radius 3 is 2.70 bits per heavy atom. The molecule has 3 N–H and O–H groups in total. The molecule has 0 saturated carbocycles. The second kappa shape index (κ2) is 8.39. The lowest BCUT2D eigenvalue weighted by Crippen LogP contribution is -2.32. The molecule has 0 aromatic heterocycles.